The topological polar surface area (TPSA) is 106 Å². The number of ether oxygens (including phenoxy) is 1. The Kier molecular flexibility index (Phi) is 5.75. The lowest BCUT2D eigenvalue weighted by atomic mass is 9.88. The molecule has 0 aliphatic heterocycles. The first-order valence-corrected chi connectivity index (χ1v) is 6.46. The lowest BCUT2D eigenvalue weighted by Crippen LogP contribution is -2.24. The van der Waals surface area contributed by atoms with Gasteiger partial charge < -0.3 is 20.9 Å². The first kappa shape index (κ1) is 15.4. The Hall–Kier alpha value is -1.63. The van der Waals surface area contributed by atoms with E-state index in [0.717, 1.165) is 12.8 Å². The zero-order chi connectivity index (χ0) is 14.3. The van der Waals surface area contributed by atoms with Gasteiger partial charge in [0.05, 0.1) is 6.61 Å². The highest BCUT2D eigenvalue weighted by molar-refractivity contribution is 5.32. The summed E-state index contributed by atoms with van der Waals surface area (Å²) in [4.78, 5) is 12.0. The van der Waals surface area contributed by atoms with Crippen LogP contribution in [0.2, 0.25) is 0 Å². The molecule has 0 aliphatic carbocycles. The molecule has 0 radical (unpaired) electrons. The second kappa shape index (κ2) is 7.08. The molecule has 7 nitrogen and oxygen atoms in total. The van der Waals surface area contributed by atoms with Crippen LogP contribution in [0.3, 0.4) is 0 Å². The van der Waals surface area contributed by atoms with Crippen LogP contribution >= 0.6 is 0 Å². The van der Waals surface area contributed by atoms with Crippen LogP contribution in [-0.2, 0) is 0 Å². The van der Waals surface area contributed by atoms with E-state index in [4.69, 9.17) is 15.6 Å². The summed E-state index contributed by atoms with van der Waals surface area (Å²) in [5.74, 6) is 0.544. The number of aliphatic hydroxyl groups is 1. The Morgan fingerprint density at radius 1 is 1.32 bits per heavy atom. The molecule has 0 bridgehead atoms. The fraction of sp³-hybridized carbons (Fsp3) is 0.750. The highest BCUT2D eigenvalue weighted by atomic mass is 16.5. The van der Waals surface area contributed by atoms with E-state index in [1.165, 1.54) is 0 Å². The van der Waals surface area contributed by atoms with Gasteiger partial charge in [-0.3, -0.25) is 0 Å². The number of nitrogen functional groups attached to an aromatic ring is 1. The third-order valence-electron chi connectivity index (χ3n) is 2.64. The molecule has 0 spiro atoms. The van der Waals surface area contributed by atoms with E-state index in [1.807, 2.05) is 6.92 Å². The standard InChI is InChI=1S/C12H23N5O2/c1-4-19-11-16-9(13)15-10(17-11)14-8-12(2,3)6-5-7-18/h18H,4-8H2,1-3H3,(H3,13,14,15,16,17). The minimum Gasteiger partial charge on any atom is -0.464 e. The Morgan fingerprint density at radius 3 is 2.68 bits per heavy atom. The third-order valence-corrected chi connectivity index (χ3v) is 2.64. The normalized spacial score (nSPS) is 11.4. The van der Waals surface area contributed by atoms with Gasteiger partial charge in [-0.1, -0.05) is 13.8 Å². The molecule has 7 heteroatoms. The summed E-state index contributed by atoms with van der Waals surface area (Å²) in [5.41, 5.74) is 5.63. The molecule has 1 aromatic heterocycles. The minimum absolute atomic E-state index is 0.0376. The van der Waals surface area contributed by atoms with E-state index in [0.29, 0.717) is 19.1 Å². The van der Waals surface area contributed by atoms with Gasteiger partial charge >= 0.3 is 6.01 Å². The Bertz CT molecular complexity index is 398. The van der Waals surface area contributed by atoms with Gasteiger partial charge in [0.2, 0.25) is 11.9 Å². The number of aliphatic hydroxyl groups excluding tert-OH is 1. The quantitative estimate of drug-likeness (QED) is 0.648. The fourth-order valence-corrected chi connectivity index (χ4v) is 1.61. The lowest BCUT2D eigenvalue weighted by Gasteiger charge is -2.24. The van der Waals surface area contributed by atoms with E-state index in [1.54, 1.807) is 0 Å². The molecule has 0 aromatic carbocycles. The molecule has 108 valence electrons. The van der Waals surface area contributed by atoms with Crippen molar-refractivity contribution in [3.05, 3.63) is 0 Å². The van der Waals surface area contributed by atoms with E-state index >= 15 is 0 Å². The zero-order valence-electron chi connectivity index (χ0n) is 11.8. The molecule has 1 heterocycles. The van der Waals surface area contributed by atoms with Gasteiger partial charge in [-0.2, -0.15) is 15.0 Å². The maximum Gasteiger partial charge on any atom is 0.323 e. The molecular weight excluding hydrogens is 246 g/mol. The summed E-state index contributed by atoms with van der Waals surface area (Å²) in [6.45, 7) is 7.45. The van der Waals surface area contributed by atoms with Crippen molar-refractivity contribution in [1.29, 1.82) is 0 Å². The van der Waals surface area contributed by atoms with E-state index in [2.05, 4.69) is 34.1 Å². The smallest absolute Gasteiger partial charge is 0.323 e. The van der Waals surface area contributed by atoms with Gasteiger partial charge in [-0.25, -0.2) is 0 Å². The van der Waals surface area contributed by atoms with Crippen LogP contribution in [0, 0.1) is 5.41 Å². The molecule has 1 aromatic rings. The van der Waals surface area contributed by atoms with Crippen molar-refractivity contribution >= 4 is 11.9 Å². The van der Waals surface area contributed by atoms with Crippen LogP contribution in [0.5, 0.6) is 6.01 Å². The summed E-state index contributed by atoms with van der Waals surface area (Å²) in [6, 6.07) is 0.227. The van der Waals surface area contributed by atoms with E-state index < -0.39 is 0 Å². The molecule has 0 saturated heterocycles. The fourth-order valence-electron chi connectivity index (χ4n) is 1.61. The van der Waals surface area contributed by atoms with Crippen LogP contribution in [0.4, 0.5) is 11.9 Å². The Balaban J connectivity index is 2.61. The Morgan fingerprint density at radius 2 is 2.05 bits per heavy atom. The summed E-state index contributed by atoms with van der Waals surface area (Å²) in [6.07, 6.45) is 1.69. The minimum atomic E-state index is 0.0376. The van der Waals surface area contributed by atoms with Crippen molar-refractivity contribution in [3.63, 3.8) is 0 Å². The monoisotopic (exact) mass is 269 g/mol. The largest absolute Gasteiger partial charge is 0.464 e. The SMILES string of the molecule is CCOc1nc(N)nc(NCC(C)(C)CCCO)n1. The summed E-state index contributed by atoms with van der Waals surface area (Å²) in [7, 11) is 0. The highest BCUT2D eigenvalue weighted by Crippen LogP contribution is 2.22. The second-order valence-corrected chi connectivity index (χ2v) is 5.08. The number of nitrogens with zero attached hydrogens (tertiary/aromatic N) is 3. The first-order valence-electron chi connectivity index (χ1n) is 6.46. The Labute approximate surface area is 113 Å². The maximum atomic E-state index is 8.86. The molecule has 0 aliphatic rings. The number of rotatable bonds is 8. The van der Waals surface area contributed by atoms with Gasteiger partial charge in [0, 0.05) is 13.2 Å². The van der Waals surface area contributed by atoms with Crippen LogP contribution in [0.25, 0.3) is 0 Å². The third kappa shape index (κ3) is 5.69. The molecule has 1 rings (SSSR count). The molecule has 19 heavy (non-hydrogen) atoms. The van der Waals surface area contributed by atoms with Crippen molar-refractivity contribution < 1.29 is 9.84 Å². The lowest BCUT2D eigenvalue weighted by molar-refractivity contribution is 0.247. The molecule has 0 fully saturated rings. The predicted molar refractivity (Wildman–Crippen MR) is 74.0 cm³/mol. The summed E-state index contributed by atoms with van der Waals surface area (Å²) >= 11 is 0. The van der Waals surface area contributed by atoms with Crippen molar-refractivity contribution in [1.82, 2.24) is 15.0 Å². The van der Waals surface area contributed by atoms with Gasteiger partial charge in [0.25, 0.3) is 0 Å². The molecule has 0 saturated carbocycles. The van der Waals surface area contributed by atoms with Crippen LogP contribution < -0.4 is 15.8 Å². The number of nitrogens with one attached hydrogen (secondary N) is 1. The van der Waals surface area contributed by atoms with Crippen molar-refractivity contribution in [2.45, 2.75) is 33.6 Å². The second-order valence-electron chi connectivity index (χ2n) is 5.08. The van der Waals surface area contributed by atoms with Crippen LogP contribution in [0.15, 0.2) is 0 Å². The molecule has 4 N–H and O–H groups in total. The van der Waals surface area contributed by atoms with Crippen LogP contribution in [-0.4, -0.2) is 39.8 Å². The molecule has 0 unspecified atom stereocenters. The summed E-state index contributed by atoms with van der Waals surface area (Å²) < 4.78 is 5.21. The molecule has 0 amide bonds. The van der Waals surface area contributed by atoms with Crippen molar-refractivity contribution in [3.8, 4) is 6.01 Å². The zero-order valence-corrected chi connectivity index (χ0v) is 11.8. The predicted octanol–water partition coefficient (Wildman–Crippen LogP) is 1.06. The number of nitrogens with two attached hydrogens (primary N) is 1. The van der Waals surface area contributed by atoms with Crippen molar-refractivity contribution in [2.24, 2.45) is 5.41 Å². The van der Waals surface area contributed by atoms with Crippen LogP contribution in [0.1, 0.15) is 33.6 Å². The van der Waals surface area contributed by atoms with E-state index in [-0.39, 0.29) is 24.0 Å². The average molecular weight is 269 g/mol. The van der Waals surface area contributed by atoms with E-state index in [9.17, 15) is 0 Å². The van der Waals surface area contributed by atoms with Crippen molar-refractivity contribution in [2.75, 3.05) is 30.8 Å². The van der Waals surface area contributed by atoms with Gasteiger partial charge in [0.1, 0.15) is 0 Å². The first-order chi connectivity index (χ1) is 8.96. The number of anilines is 2. The van der Waals surface area contributed by atoms with Gasteiger partial charge in [-0.05, 0) is 25.2 Å². The molecule has 0 atom stereocenters. The number of hydrogen-bond donors (Lipinski definition) is 3. The van der Waals surface area contributed by atoms with Gasteiger partial charge in [-0.15, -0.1) is 0 Å². The molecular formula is C12H23N5O2. The maximum absolute atomic E-state index is 8.86. The highest BCUT2D eigenvalue weighted by Gasteiger charge is 2.18. The van der Waals surface area contributed by atoms with Gasteiger partial charge in [0.15, 0.2) is 0 Å². The average Bonchev–Trinajstić information content (AvgIpc) is 2.34. The number of hydrogen-bond acceptors (Lipinski definition) is 7. The summed E-state index contributed by atoms with van der Waals surface area (Å²) in [5, 5.41) is 12.0. The number of aromatic nitrogens is 3.